The van der Waals surface area contributed by atoms with Crippen molar-refractivity contribution in [2.24, 2.45) is 0 Å². The van der Waals surface area contributed by atoms with Crippen LogP contribution >= 0.6 is 0 Å². The van der Waals surface area contributed by atoms with E-state index in [-0.39, 0.29) is 0 Å². The van der Waals surface area contributed by atoms with Crippen LogP contribution in [0.4, 0.5) is 0 Å². The molecule has 1 nitrogen and oxygen atoms in total. The monoisotopic (exact) mass is 281 g/mol. The number of aryl methyl sites for hydroxylation is 3. The third-order valence-corrected chi connectivity index (χ3v) is 4.52. The number of hydrogen-bond acceptors (Lipinski definition) is 1. The molecule has 2 rings (SSSR count). The maximum Gasteiger partial charge on any atom is 0.0205 e. The normalized spacial score (nSPS) is 11.0. The molecule has 1 heteroatoms. The van der Waals surface area contributed by atoms with Crippen molar-refractivity contribution < 1.29 is 0 Å². The van der Waals surface area contributed by atoms with E-state index in [1.165, 1.54) is 44.5 Å². The fraction of sp³-hybridized carbons (Fsp3) is 0.400. The predicted molar refractivity (Wildman–Crippen MR) is 92.9 cm³/mol. The molecule has 0 saturated heterocycles. The minimum atomic E-state index is 0.937. The van der Waals surface area contributed by atoms with E-state index in [1.54, 1.807) is 0 Å². The molecule has 0 radical (unpaired) electrons. The smallest absolute Gasteiger partial charge is 0.0205 e. The highest BCUT2D eigenvalue weighted by Crippen LogP contribution is 2.34. The molecule has 2 aromatic carbocycles. The van der Waals surface area contributed by atoms with Gasteiger partial charge < -0.3 is 5.32 Å². The number of nitrogens with one attached hydrogen (secondary N) is 1. The number of benzene rings is 2. The minimum absolute atomic E-state index is 0.937. The lowest BCUT2D eigenvalue weighted by molar-refractivity contribution is 0.727. The molecule has 0 aliphatic heterocycles. The maximum atomic E-state index is 3.41. The summed E-state index contributed by atoms with van der Waals surface area (Å²) >= 11 is 0. The molecule has 0 saturated carbocycles. The van der Waals surface area contributed by atoms with Gasteiger partial charge in [-0.2, -0.15) is 0 Å². The summed E-state index contributed by atoms with van der Waals surface area (Å²) in [5, 5.41) is 3.41. The molecular weight excluding hydrogens is 254 g/mol. The van der Waals surface area contributed by atoms with Crippen molar-refractivity contribution in [3.63, 3.8) is 0 Å². The summed E-state index contributed by atoms with van der Waals surface area (Å²) in [6.07, 6.45) is 0. The third-order valence-electron chi connectivity index (χ3n) is 4.52. The van der Waals surface area contributed by atoms with Crippen LogP contribution in [-0.4, -0.2) is 6.54 Å². The van der Waals surface area contributed by atoms with Gasteiger partial charge in [-0.1, -0.05) is 25.1 Å². The van der Waals surface area contributed by atoms with E-state index in [4.69, 9.17) is 0 Å². The Morgan fingerprint density at radius 2 is 1.43 bits per heavy atom. The second kappa shape index (κ2) is 6.44. The molecule has 0 aromatic heterocycles. The Morgan fingerprint density at radius 3 is 2.00 bits per heavy atom. The molecule has 0 fully saturated rings. The highest BCUT2D eigenvalue weighted by molar-refractivity contribution is 5.76. The highest BCUT2D eigenvalue weighted by Gasteiger charge is 2.13. The van der Waals surface area contributed by atoms with Gasteiger partial charge in [0.1, 0.15) is 0 Å². The van der Waals surface area contributed by atoms with Crippen molar-refractivity contribution in [3.8, 4) is 11.1 Å². The summed E-state index contributed by atoms with van der Waals surface area (Å²) in [5.74, 6) is 0. The van der Waals surface area contributed by atoms with Gasteiger partial charge in [-0.3, -0.25) is 0 Å². The van der Waals surface area contributed by atoms with E-state index in [9.17, 15) is 0 Å². The summed E-state index contributed by atoms with van der Waals surface area (Å²) < 4.78 is 0. The quantitative estimate of drug-likeness (QED) is 0.831. The predicted octanol–water partition coefficient (Wildman–Crippen LogP) is 5.01. The highest BCUT2D eigenvalue weighted by atomic mass is 14.8. The van der Waals surface area contributed by atoms with E-state index >= 15 is 0 Å². The number of rotatable bonds is 4. The molecule has 0 bridgehead atoms. The van der Waals surface area contributed by atoms with Gasteiger partial charge in [0, 0.05) is 6.54 Å². The zero-order valence-corrected chi connectivity index (χ0v) is 14.2. The second-order valence-electron chi connectivity index (χ2n) is 6.06. The number of hydrogen-bond donors (Lipinski definition) is 1. The Hall–Kier alpha value is -1.60. The Labute approximate surface area is 129 Å². The molecule has 0 aliphatic carbocycles. The SMILES string of the molecule is CCNCc1ccc(C)c(-c2c(C)c(C)cc(C)c2C)c1. The van der Waals surface area contributed by atoms with Gasteiger partial charge in [0.2, 0.25) is 0 Å². The van der Waals surface area contributed by atoms with Crippen molar-refractivity contribution >= 4 is 0 Å². The van der Waals surface area contributed by atoms with Crippen LogP contribution in [0.1, 0.15) is 40.3 Å². The summed E-state index contributed by atoms with van der Waals surface area (Å²) in [6, 6.07) is 9.13. The van der Waals surface area contributed by atoms with Gasteiger partial charge >= 0.3 is 0 Å². The van der Waals surface area contributed by atoms with E-state index in [2.05, 4.69) is 71.1 Å². The third kappa shape index (κ3) is 3.19. The first kappa shape index (κ1) is 15.8. The van der Waals surface area contributed by atoms with Crippen LogP contribution in [0.5, 0.6) is 0 Å². The molecule has 1 N–H and O–H groups in total. The second-order valence-corrected chi connectivity index (χ2v) is 6.06. The minimum Gasteiger partial charge on any atom is -0.313 e. The van der Waals surface area contributed by atoms with E-state index < -0.39 is 0 Å². The lowest BCUT2D eigenvalue weighted by Crippen LogP contribution is -2.11. The average Bonchev–Trinajstić information content (AvgIpc) is 2.46. The Kier molecular flexibility index (Phi) is 4.84. The zero-order chi connectivity index (χ0) is 15.6. The summed E-state index contributed by atoms with van der Waals surface area (Å²) in [5.41, 5.74) is 11.1. The summed E-state index contributed by atoms with van der Waals surface area (Å²) in [4.78, 5) is 0. The van der Waals surface area contributed by atoms with Crippen LogP contribution in [0.2, 0.25) is 0 Å². The van der Waals surface area contributed by atoms with Gasteiger partial charge in [0.05, 0.1) is 0 Å². The molecule has 0 aliphatic rings. The fourth-order valence-electron chi connectivity index (χ4n) is 2.94. The first-order chi connectivity index (χ1) is 9.95. The molecule has 0 heterocycles. The molecule has 0 amide bonds. The largest absolute Gasteiger partial charge is 0.313 e. The van der Waals surface area contributed by atoms with E-state index in [1.807, 2.05) is 0 Å². The maximum absolute atomic E-state index is 3.41. The van der Waals surface area contributed by atoms with Gasteiger partial charge in [-0.05, 0) is 91.7 Å². The Balaban J connectivity index is 2.61. The van der Waals surface area contributed by atoms with Crippen LogP contribution in [0.15, 0.2) is 24.3 Å². The van der Waals surface area contributed by atoms with Crippen LogP contribution in [0.25, 0.3) is 11.1 Å². The summed E-state index contributed by atoms with van der Waals surface area (Å²) in [6.45, 7) is 15.2. The Bertz CT molecular complexity index is 627. The average molecular weight is 281 g/mol. The van der Waals surface area contributed by atoms with Gasteiger partial charge in [0.25, 0.3) is 0 Å². The van der Waals surface area contributed by atoms with Gasteiger partial charge in [0.15, 0.2) is 0 Å². The zero-order valence-electron chi connectivity index (χ0n) is 14.2. The molecule has 2 aromatic rings. The van der Waals surface area contributed by atoms with Gasteiger partial charge in [-0.15, -0.1) is 0 Å². The van der Waals surface area contributed by atoms with Crippen LogP contribution in [-0.2, 0) is 6.54 Å². The lowest BCUT2D eigenvalue weighted by atomic mass is 9.87. The first-order valence-corrected chi connectivity index (χ1v) is 7.83. The van der Waals surface area contributed by atoms with E-state index in [0.29, 0.717) is 0 Å². The van der Waals surface area contributed by atoms with Crippen molar-refractivity contribution in [2.75, 3.05) is 6.54 Å². The topological polar surface area (TPSA) is 12.0 Å². The lowest BCUT2D eigenvalue weighted by Gasteiger charge is -2.18. The Morgan fingerprint density at radius 1 is 0.810 bits per heavy atom. The summed E-state index contributed by atoms with van der Waals surface area (Å²) in [7, 11) is 0. The van der Waals surface area contributed by atoms with Gasteiger partial charge in [-0.25, -0.2) is 0 Å². The molecule has 0 spiro atoms. The van der Waals surface area contributed by atoms with Crippen molar-refractivity contribution in [1.29, 1.82) is 0 Å². The standard InChI is InChI=1S/C20H27N/c1-7-21-12-18-9-8-13(2)19(11-18)20-16(5)14(3)10-15(4)17(20)6/h8-11,21H,7,12H2,1-6H3. The molecule has 112 valence electrons. The van der Waals surface area contributed by atoms with Crippen LogP contribution in [0, 0.1) is 34.6 Å². The van der Waals surface area contributed by atoms with E-state index in [0.717, 1.165) is 13.1 Å². The van der Waals surface area contributed by atoms with Crippen LogP contribution < -0.4 is 5.32 Å². The molecule has 0 unspecified atom stereocenters. The van der Waals surface area contributed by atoms with Crippen LogP contribution in [0.3, 0.4) is 0 Å². The van der Waals surface area contributed by atoms with Crippen molar-refractivity contribution in [3.05, 3.63) is 57.6 Å². The first-order valence-electron chi connectivity index (χ1n) is 7.83. The molecular formula is C20H27N. The molecule has 21 heavy (non-hydrogen) atoms. The fourth-order valence-corrected chi connectivity index (χ4v) is 2.94. The van der Waals surface area contributed by atoms with Crippen molar-refractivity contribution in [1.82, 2.24) is 5.32 Å². The van der Waals surface area contributed by atoms with Crippen molar-refractivity contribution in [2.45, 2.75) is 48.1 Å². The molecule has 0 atom stereocenters.